The highest BCUT2D eigenvalue weighted by Gasteiger charge is 2.27. The Morgan fingerprint density at radius 1 is 1.52 bits per heavy atom. The number of aromatic amines is 1. The van der Waals surface area contributed by atoms with Gasteiger partial charge < -0.3 is 21.3 Å². The van der Waals surface area contributed by atoms with Gasteiger partial charge in [-0.1, -0.05) is 4.43 Å². The van der Waals surface area contributed by atoms with Gasteiger partial charge in [-0.3, -0.25) is 14.7 Å². The van der Waals surface area contributed by atoms with Crippen LogP contribution in [0.25, 0.3) is 10.9 Å². The van der Waals surface area contributed by atoms with Crippen molar-refractivity contribution in [3.05, 3.63) is 17.1 Å². The first-order chi connectivity index (χ1) is 10.8. The van der Waals surface area contributed by atoms with Crippen LogP contribution < -0.4 is 20.6 Å². The highest BCUT2D eigenvalue weighted by Crippen LogP contribution is 2.31. The molecule has 1 aromatic carbocycles. The summed E-state index contributed by atoms with van der Waals surface area (Å²) < 4.78 is 19.8. The number of nitrogens with two attached hydrogens (primary N) is 2. The fraction of sp³-hybridized carbons (Fsp3) is 0.308. The van der Waals surface area contributed by atoms with Crippen LogP contribution in [0.3, 0.4) is 0 Å². The van der Waals surface area contributed by atoms with Gasteiger partial charge in [0.2, 0.25) is 5.91 Å². The van der Waals surface area contributed by atoms with Crippen LogP contribution in [0.4, 0.5) is 4.39 Å². The third-order valence-corrected chi connectivity index (χ3v) is 4.61. The first-order valence-corrected chi connectivity index (χ1v) is 8.40. The zero-order valence-electron chi connectivity index (χ0n) is 12.5. The standard InChI is InChI=1S/C12H12FN4O4.CH3.Al/c1-21-10-5(13)2-4(11(15)18)8-7(16-17-9(8)10)3-6(14)12(19)20;;/h6H,3,14H2,1H3,(H2,15,18)(H,16,17)(H,19,20);1H3;. The maximum absolute atomic E-state index is 14.5. The summed E-state index contributed by atoms with van der Waals surface area (Å²) in [4.78, 5) is 22.8. The number of primary amides is 1. The molecular formula is C13H15AlFN4O4. The number of hydrogen-bond acceptors (Lipinski definition) is 5. The van der Waals surface area contributed by atoms with Crippen molar-refractivity contribution in [3.63, 3.8) is 0 Å². The quantitative estimate of drug-likeness (QED) is 0.505. The molecule has 1 heterocycles. The molecule has 1 radical (unpaired) electrons. The summed E-state index contributed by atoms with van der Waals surface area (Å²) in [7, 11) is 1.29. The Morgan fingerprint density at radius 3 is 2.65 bits per heavy atom. The van der Waals surface area contributed by atoms with E-state index >= 15 is 0 Å². The molecule has 0 spiro atoms. The molecule has 1 unspecified atom stereocenters. The van der Waals surface area contributed by atoms with Gasteiger partial charge >= 0.3 is 5.97 Å². The molecule has 0 fully saturated rings. The monoisotopic (exact) mass is 337 g/mol. The maximum Gasteiger partial charge on any atom is 0.320 e. The molecular weight excluding hydrogens is 322 g/mol. The minimum Gasteiger partial charge on any atom is -0.491 e. The van der Waals surface area contributed by atoms with E-state index in [0.29, 0.717) is 5.69 Å². The molecule has 0 aliphatic rings. The summed E-state index contributed by atoms with van der Waals surface area (Å²) in [6, 6.07) is -1.20. The number of methoxy groups -OCH3 is 1. The van der Waals surface area contributed by atoms with Crippen molar-refractivity contribution >= 4 is 42.4 Å². The zero-order chi connectivity index (χ0) is 17.3. The molecule has 1 aromatic heterocycles. The molecule has 121 valence electrons. The van der Waals surface area contributed by atoms with Crippen molar-refractivity contribution in [1.82, 2.24) is 10.2 Å². The number of rotatable bonds is 6. The molecule has 0 saturated carbocycles. The predicted octanol–water partition coefficient (Wildman–Crippen LogP) is -0.858. The molecule has 6 N–H and O–H groups in total. The molecule has 2 aromatic rings. The van der Waals surface area contributed by atoms with Crippen LogP contribution in [0.2, 0.25) is 5.79 Å². The normalized spacial score (nSPS) is 12.2. The van der Waals surface area contributed by atoms with E-state index in [9.17, 15) is 14.0 Å². The van der Waals surface area contributed by atoms with E-state index in [1.54, 1.807) is 5.79 Å². The number of ether oxygens (including phenoxy) is 1. The van der Waals surface area contributed by atoms with Crippen LogP contribution in [0.15, 0.2) is 0 Å². The summed E-state index contributed by atoms with van der Waals surface area (Å²) in [5.74, 6) is -1.05. The van der Waals surface area contributed by atoms with E-state index in [1.807, 2.05) is 0 Å². The van der Waals surface area contributed by atoms with Crippen LogP contribution in [0.1, 0.15) is 16.1 Å². The van der Waals surface area contributed by atoms with E-state index in [2.05, 4.69) is 10.2 Å². The van der Waals surface area contributed by atoms with Gasteiger partial charge in [-0.25, -0.2) is 4.39 Å². The highest BCUT2D eigenvalue weighted by atomic mass is 27.1. The van der Waals surface area contributed by atoms with Crippen LogP contribution in [0.5, 0.6) is 5.75 Å². The molecule has 0 bridgehead atoms. The lowest BCUT2D eigenvalue weighted by atomic mass is 10.0. The molecule has 23 heavy (non-hydrogen) atoms. The summed E-state index contributed by atoms with van der Waals surface area (Å²) in [5.41, 5.74) is 11.3. The second-order valence-corrected chi connectivity index (χ2v) is 6.02. The number of fused-ring (bicyclic) bond motifs is 1. The Bertz CT molecular complexity index is 792. The zero-order valence-corrected chi connectivity index (χ0v) is 13.7. The van der Waals surface area contributed by atoms with E-state index in [4.69, 9.17) is 21.3 Å². The van der Waals surface area contributed by atoms with Gasteiger partial charge in [0, 0.05) is 23.1 Å². The van der Waals surface area contributed by atoms with Crippen molar-refractivity contribution in [3.8, 4) is 5.75 Å². The first-order valence-electron chi connectivity index (χ1n) is 6.67. The Balaban J connectivity index is 2.83. The molecule has 10 heteroatoms. The van der Waals surface area contributed by atoms with E-state index in [0.717, 1.165) is 0 Å². The fourth-order valence-electron chi connectivity index (χ4n) is 2.45. The summed E-state index contributed by atoms with van der Waals surface area (Å²) in [5, 5.41) is 15.8. The molecule has 0 saturated heterocycles. The number of halogens is 1. The summed E-state index contributed by atoms with van der Waals surface area (Å²) in [6.45, 7) is 0. The lowest BCUT2D eigenvalue weighted by Crippen LogP contribution is -2.33. The Hall–Kier alpha value is -2.15. The number of carboxylic acids is 1. The minimum absolute atomic E-state index is 0.00265. The third-order valence-electron chi connectivity index (χ3n) is 3.49. The van der Waals surface area contributed by atoms with Gasteiger partial charge in [-0.15, -0.1) is 5.79 Å². The fourth-order valence-corrected chi connectivity index (χ4v) is 3.41. The van der Waals surface area contributed by atoms with Crippen LogP contribution in [-0.2, 0) is 11.2 Å². The number of aliphatic carboxylic acids is 1. The van der Waals surface area contributed by atoms with Gasteiger partial charge in [-0.2, -0.15) is 5.10 Å². The maximum atomic E-state index is 14.5. The van der Waals surface area contributed by atoms with Gasteiger partial charge in [0.15, 0.2) is 11.6 Å². The average molecular weight is 337 g/mol. The molecule has 2 rings (SSSR count). The number of benzene rings is 1. The second-order valence-electron chi connectivity index (χ2n) is 4.86. The van der Waals surface area contributed by atoms with E-state index in [-0.39, 0.29) is 33.1 Å². The predicted molar refractivity (Wildman–Crippen MR) is 81.7 cm³/mol. The molecule has 0 aliphatic heterocycles. The van der Waals surface area contributed by atoms with Crippen LogP contribution in [0, 0.1) is 5.82 Å². The molecule has 0 aliphatic carbocycles. The summed E-state index contributed by atoms with van der Waals surface area (Å²) in [6.07, 6.45) is -0.112. The molecule has 8 nitrogen and oxygen atoms in total. The van der Waals surface area contributed by atoms with Gasteiger partial charge in [0.1, 0.15) is 11.6 Å². The molecule has 1 amide bonds. The number of nitrogens with zero attached hydrogens (tertiary/aromatic N) is 1. The number of hydrogen-bond donors (Lipinski definition) is 4. The van der Waals surface area contributed by atoms with E-state index < -0.39 is 39.0 Å². The van der Waals surface area contributed by atoms with Gasteiger partial charge in [-0.05, 0) is 0 Å². The summed E-state index contributed by atoms with van der Waals surface area (Å²) >= 11 is -0.586. The number of amides is 1. The Morgan fingerprint density at radius 2 is 2.17 bits per heavy atom. The number of aromatic nitrogens is 2. The number of carboxylic acid groups (broad SMARTS) is 1. The van der Waals surface area contributed by atoms with Crippen molar-refractivity contribution < 1.29 is 23.8 Å². The SMILES string of the molecule is COc1c(F)[c]([Al][CH3])c(C(N)=O)c2c(CC(N)C(=O)O)[nH]nc12. The number of nitrogens with one attached hydrogen (secondary N) is 1. The van der Waals surface area contributed by atoms with Crippen molar-refractivity contribution in [1.29, 1.82) is 0 Å². The topological polar surface area (TPSA) is 144 Å². The number of carbonyl (C=O) groups is 2. The van der Waals surface area contributed by atoms with Gasteiger partial charge in [0.25, 0.3) is 15.2 Å². The van der Waals surface area contributed by atoms with E-state index in [1.165, 1.54) is 7.11 Å². The van der Waals surface area contributed by atoms with Crippen LogP contribution >= 0.6 is 0 Å². The Kier molecular flexibility index (Phi) is 4.89. The smallest absolute Gasteiger partial charge is 0.320 e. The highest BCUT2D eigenvalue weighted by molar-refractivity contribution is 6.55. The van der Waals surface area contributed by atoms with Crippen molar-refractivity contribution in [2.45, 2.75) is 18.2 Å². The average Bonchev–Trinajstić information content (AvgIpc) is 2.88. The number of carbonyl (C=O) groups excluding carboxylic acids is 1. The number of H-pyrrole nitrogens is 1. The lowest BCUT2D eigenvalue weighted by Gasteiger charge is -2.13. The second kappa shape index (κ2) is 6.54. The minimum atomic E-state index is -1.20. The van der Waals surface area contributed by atoms with Crippen molar-refractivity contribution in [2.75, 3.05) is 7.11 Å². The largest absolute Gasteiger partial charge is 0.491 e. The van der Waals surface area contributed by atoms with Crippen molar-refractivity contribution in [2.24, 2.45) is 11.5 Å². The van der Waals surface area contributed by atoms with Crippen LogP contribution in [-0.4, -0.2) is 55.6 Å². The first kappa shape index (κ1) is 17.2. The third kappa shape index (κ3) is 2.88. The lowest BCUT2D eigenvalue weighted by molar-refractivity contribution is -0.138. The van der Waals surface area contributed by atoms with Gasteiger partial charge in [0.05, 0.1) is 7.11 Å². The molecule has 1 atom stereocenters. The Labute approximate surface area is 136 Å².